The molecule has 0 spiro atoms. The first-order valence-electron chi connectivity index (χ1n) is 5.24. The Morgan fingerprint density at radius 1 is 1.47 bits per heavy atom. The van der Waals surface area contributed by atoms with Crippen molar-refractivity contribution >= 4 is 11.9 Å². The zero-order chi connectivity index (χ0) is 11.3. The number of nitrogens with two attached hydrogens (primary N) is 2. The van der Waals surface area contributed by atoms with Crippen molar-refractivity contribution in [2.45, 2.75) is 25.8 Å². The van der Waals surface area contributed by atoms with Crippen LogP contribution in [0.4, 0.5) is 0 Å². The van der Waals surface area contributed by atoms with Crippen molar-refractivity contribution in [3.63, 3.8) is 0 Å². The lowest BCUT2D eigenvalue weighted by Crippen LogP contribution is -2.42. The van der Waals surface area contributed by atoms with Crippen LogP contribution in [0.3, 0.4) is 0 Å². The molecule has 1 aliphatic rings. The summed E-state index contributed by atoms with van der Waals surface area (Å²) in [6.07, 6.45) is 2.55. The van der Waals surface area contributed by atoms with E-state index in [2.05, 4.69) is 22.1 Å². The monoisotopic (exact) mass is 212 g/mol. The molecule has 0 amide bonds. The molecule has 1 atom stereocenters. The summed E-state index contributed by atoms with van der Waals surface area (Å²) in [4.78, 5) is 6.52. The normalized spacial score (nSPS) is 20.2. The first-order valence-corrected chi connectivity index (χ1v) is 5.24. The highest BCUT2D eigenvalue weighted by molar-refractivity contribution is 5.95. The maximum Gasteiger partial charge on any atom is 0.195 e. The molecule has 0 saturated carbocycles. The van der Waals surface area contributed by atoms with Crippen LogP contribution >= 0.6 is 0 Å². The van der Waals surface area contributed by atoms with Crippen LogP contribution in [0.1, 0.15) is 19.8 Å². The first kappa shape index (κ1) is 11.8. The maximum atomic E-state index is 6.97. The number of likely N-dealkylation sites (tertiary alicyclic amines) is 1. The Balaban J connectivity index is 2.30. The van der Waals surface area contributed by atoms with Crippen LogP contribution in [0.5, 0.6) is 0 Å². The van der Waals surface area contributed by atoms with Gasteiger partial charge in [-0.15, -0.1) is 0 Å². The van der Waals surface area contributed by atoms with E-state index >= 15 is 0 Å². The molecule has 1 unspecified atom stereocenters. The minimum absolute atomic E-state index is 0.176. The Morgan fingerprint density at radius 2 is 2.07 bits per heavy atom. The smallest absolute Gasteiger partial charge is 0.195 e. The molecule has 86 valence electrons. The third kappa shape index (κ3) is 4.16. The first-order chi connectivity index (χ1) is 7.09. The van der Waals surface area contributed by atoms with E-state index in [9.17, 15) is 0 Å². The van der Waals surface area contributed by atoms with Gasteiger partial charge in [0.05, 0.1) is 6.54 Å². The standard InChI is InChI=1S/C9H20N6/c1-7(15-4-2-3-5-15)6-13-9(12)14-8(10)11/h7H,2-6H2,1H3,(H6,10,11,12,13,14). The van der Waals surface area contributed by atoms with Crippen molar-refractivity contribution < 1.29 is 0 Å². The summed E-state index contributed by atoms with van der Waals surface area (Å²) in [5, 5.41) is 9.43. The fraction of sp³-hybridized carbons (Fsp3) is 0.778. The third-order valence-corrected chi connectivity index (χ3v) is 2.55. The average Bonchev–Trinajstić information content (AvgIpc) is 2.65. The summed E-state index contributed by atoms with van der Waals surface area (Å²) >= 11 is 0. The lowest BCUT2D eigenvalue weighted by atomic mass is 10.3. The molecule has 1 saturated heterocycles. The van der Waals surface area contributed by atoms with Gasteiger partial charge < -0.3 is 11.5 Å². The van der Waals surface area contributed by atoms with Gasteiger partial charge in [-0.3, -0.25) is 20.6 Å². The van der Waals surface area contributed by atoms with Gasteiger partial charge in [0.1, 0.15) is 0 Å². The second-order valence-electron chi connectivity index (χ2n) is 3.86. The highest BCUT2D eigenvalue weighted by Gasteiger charge is 2.17. The minimum atomic E-state index is -0.176. The number of hydrogen-bond donors (Lipinski definition) is 4. The SMILES string of the molecule is CC(CN=C(N)NC(=N)N)N1CCCC1. The van der Waals surface area contributed by atoms with Gasteiger partial charge in [0.25, 0.3) is 0 Å². The van der Waals surface area contributed by atoms with E-state index in [1.165, 1.54) is 12.8 Å². The van der Waals surface area contributed by atoms with Gasteiger partial charge in [0.2, 0.25) is 0 Å². The van der Waals surface area contributed by atoms with Gasteiger partial charge >= 0.3 is 0 Å². The predicted molar refractivity (Wildman–Crippen MR) is 61.8 cm³/mol. The van der Waals surface area contributed by atoms with Crippen LogP contribution in [-0.2, 0) is 0 Å². The number of hydrogen-bond acceptors (Lipinski definition) is 3. The second kappa shape index (κ2) is 5.55. The highest BCUT2D eigenvalue weighted by atomic mass is 15.2. The van der Waals surface area contributed by atoms with Gasteiger partial charge in [0, 0.05) is 6.04 Å². The van der Waals surface area contributed by atoms with Crippen LogP contribution < -0.4 is 16.8 Å². The fourth-order valence-corrected chi connectivity index (χ4v) is 1.71. The Morgan fingerprint density at radius 3 is 2.60 bits per heavy atom. The Hall–Kier alpha value is -1.30. The fourth-order valence-electron chi connectivity index (χ4n) is 1.71. The molecule has 1 heterocycles. The molecule has 6 heteroatoms. The number of guanidine groups is 2. The Labute approximate surface area is 90.2 Å². The second-order valence-corrected chi connectivity index (χ2v) is 3.86. The summed E-state index contributed by atoms with van der Waals surface area (Å²) in [6, 6.07) is 0.403. The summed E-state index contributed by atoms with van der Waals surface area (Å²) in [5.41, 5.74) is 10.6. The minimum Gasteiger partial charge on any atom is -0.370 e. The molecular formula is C9H20N6. The highest BCUT2D eigenvalue weighted by Crippen LogP contribution is 2.11. The summed E-state index contributed by atoms with van der Waals surface area (Å²) in [7, 11) is 0. The molecule has 0 aliphatic carbocycles. The van der Waals surface area contributed by atoms with Gasteiger partial charge in [-0.05, 0) is 32.9 Å². The van der Waals surface area contributed by atoms with Crippen LogP contribution in [-0.4, -0.2) is 42.5 Å². The van der Waals surface area contributed by atoms with E-state index < -0.39 is 0 Å². The predicted octanol–water partition coefficient (Wildman–Crippen LogP) is -0.732. The van der Waals surface area contributed by atoms with Crippen molar-refractivity contribution in [1.29, 1.82) is 5.41 Å². The topological polar surface area (TPSA) is 104 Å². The van der Waals surface area contributed by atoms with E-state index in [0.717, 1.165) is 13.1 Å². The maximum absolute atomic E-state index is 6.97. The molecule has 15 heavy (non-hydrogen) atoms. The lowest BCUT2D eigenvalue weighted by Gasteiger charge is -2.21. The quantitative estimate of drug-likeness (QED) is 0.366. The molecule has 6 N–H and O–H groups in total. The largest absolute Gasteiger partial charge is 0.370 e. The zero-order valence-corrected chi connectivity index (χ0v) is 9.16. The summed E-state index contributed by atoms with van der Waals surface area (Å²) in [6.45, 7) is 5.08. The molecule has 0 radical (unpaired) electrons. The molecule has 1 aliphatic heterocycles. The van der Waals surface area contributed by atoms with Crippen molar-refractivity contribution in [3.05, 3.63) is 0 Å². The van der Waals surface area contributed by atoms with E-state index in [1.54, 1.807) is 0 Å². The van der Waals surface area contributed by atoms with Crippen molar-refractivity contribution in [2.75, 3.05) is 19.6 Å². The van der Waals surface area contributed by atoms with Gasteiger partial charge in [-0.25, -0.2) is 0 Å². The molecule has 1 fully saturated rings. The van der Waals surface area contributed by atoms with Crippen molar-refractivity contribution in [1.82, 2.24) is 10.2 Å². The van der Waals surface area contributed by atoms with Gasteiger partial charge in [-0.1, -0.05) is 0 Å². The summed E-state index contributed by atoms with van der Waals surface area (Å²) < 4.78 is 0. The van der Waals surface area contributed by atoms with Crippen LogP contribution in [0.15, 0.2) is 4.99 Å². The Kier molecular flexibility index (Phi) is 4.36. The molecule has 0 bridgehead atoms. The van der Waals surface area contributed by atoms with Crippen molar-refractivity contribution in [3.8, 4) is 0 Å². The average molecular weight is 212 g/mol. The Bertz CT molecular complexity index is 243. The van der Waals surface area contributed by atoms with Crippen LogP contribution in [0.25, 0.3) is 0 Å². The van der Waals surface area contributed by atoms with E-state index in [1.807, 2.05) is 0 Å². The zero-order valence-electron chi connectivity index (χ0n) is 9.16. The summed E-state index contributed by atoms with van der Waals surface area (Å²) in [5.74, 6) is 0.0404. The van der Waals surface area contributed by atoms with Crippen LogP contribution in [0.2, 0.25) is 0 Å². The molecule has 0 aromatic heterocycles. The molecule has 0 aromatic rings. The molecule has 6 nitrogen and oxygen atoms in total. The lowest BCUT2D eigenvalue weighted by molar-refractivity contribution is 0.265. The van der Waals surface area contributed by atoms with E-state index in [4.69, 9.17) is 16.9 Å². The van der Waals surface area contributed by atoms with E-state index in [-0.39, 0.29) is 11.9 Å². The van der Waals surface area contributed by atoms with E-state index in [0.29, 0.717) is 12.6 Å². The molecular weight excluding hydrogens is 192 g/mol. The number of nitrogens with one attached hydrogen (secondary N) is 2. The van der Waals surface area contributed by atoms with Gasteiger partial charge in [0.15, 0.2) is 11.9 Å². The molecule has 1 rings (SSSR count). The van der Waals surface area contributed by atoms with Crippen molar-refractivity contribution in [2.24, 2.45) is 16.5 Å². The number of aliphatic imine (C=N–C) groups is 1. The number of rotatable bonds is 3. The molecule has 0 aromatic carbocycles. The van der Waals surface area contributed by atoms with Gasteiger partial charge in [-0.2, -0.15) is 0 Å². The van der Waals surface area contributed by atoms with Crippen LogP contribution in [0, 0.1) is 5.41 Å². The number of nitrogens with zero attached hydrogens (tertiary/aromatic N) is 2. The third-order valence-electron chi connectivity index (χ3n) is 2.55.